The smallest absolute Gasteiger partial charge is 0.225 e. The molecule has 5 nitrogen and oxygen atoms in total. The van der Waals surface area contributed by atoms with Crippen LogP contribution in [0.25, 0.3) is 0 Å². The first-order valence-corrected chi connectivity index (χ1v) is 9.30. The predicted octanol–water partition coefficient (Wildman–Crippen LogP) is 2.43. The normalized spacial score (nSPS) is 19.8. The SMILES string of the molecule is CSc1nccc(N2CCC(N(C)C(=O)C3CCC3)CC2)n1. The van der Waals surface area contributed by atoms with Crippen LogP contribution in [0.3, 0.4) is 0 Å². The van der Waals surface area contributed by atoms with Gasteiger partial charge in [0.1, 0.15) is 5.82 Å². The second kappa shape index (κ2) is 6.86. The maximum absolute atomic E-state index is 12.3. The lowest BCUT2D eigenvalue weighted by molar-refractivity contribution is -0.139. The molecule has 0 N–H and O–H groups in total. The topological polar surface area (TPSA) is 49.3 Å². The van der Waals surface area contributed by atoms with Gasteiger partial charge in [-0.15, -0.1) is 0 Å². The van der Waals surface area contributed by atoms with Gasteiger partial charge in [0.2, 0.25) is 5.91 Å². The van der Waals surface area contributed by atoms with E-state index in [4.69, 9.17) is 0 Å². The molecule has 1 aromatic rings. The number of piperidine rings is 1. The van der Waals surface area contributed by atoms with Gasteiger partial charge in [-0.25, -0.2) is 9.97 Å². The Kier molecular flexibility index (Phi) is 4.86. The quantitative estimate of drug-likeness (QED) is 0.630. The first-order valence-electron chi connectivity index (χ1n) is 8.07. The number of carbonyl (C=O) groups excluding carboxylic acids is 1. The lowest BCUT2D eigenvalue weighted by atomic mass is 9.84. The average molecular weight is 320 g/mol. The van der Waals surface area contributed by atoms with Crippen molar-refractivity contribution in [3.05, 3.63) is 12.3 Å². The summed E-state index contributed by atoms with van der Waals surface area (Å²) in [7, 11) is 1.98. The molecule has 1 amide bonds. The van der Waals surface area contributed by atoms with E-state index >= 15 is 0 Å². The average Bonchev–Trinajstić information content (AvgIpc) is 2.52. The predicted molar refractivity (Wildman–Crippen MR) is 89.2 cm³/mol. The largest absolute Gasteiger partial charge is 0.356 e. The fraction of sp³-hybridized carbons (Fsp3) is 0.688. The van der Waals surface area contributed by atoms with Gasteiger partial charge in [0.15, 0.2) is 5.16 Å². The van der Waals surface area contributed by atoms with Crippen molar-refractivity contribution in [2.75, 3.05) is 31.3 Å². The minimum absolute atomic E-state index is 0.300. The number of anilines is 1. The fourth-order valence-electron chi connectivity index (χ4n) is 3.21. The first kappa shape index (κ1) is 15.6. The van der Waals surface area contributed by atoms with Gasteiger partial charge in [-0.1, -0.05) is 18.2 Å². The molecule has 2 fully saturated rings. The van der Waals surface area contributed by atoms with Crippen LogP contribution in [-0.2, 0) is 4.79 Å². The molecule has 1 saturated heterocycles. The summed E-state index contributed by atoms with van der Waals surface area (Å²) in [5.41, 5.74) is 0. The summed E-state index contributed by atoms with van der Waals surface area (Å²) < 4.78 is 0. The molecule has 1 saturated carbocycles. The van der Waals surface area contributed by atoms with Gasteiger partial charge in [0.25, 0.3) is 0 Å². The summed E-state index contributed by atoms with van der Waals surface area (Å²) in [6.45, 7) is 1.91. The molecule has 0 radical (unpaired) electrons. The molecule has 1 aliphatic carbocycles. The zero-order valence-corrected chi connectivity index (χ0v) is 14.2. The molecule has 1 aliphatic heterocycles. The summed E-state index contributed by atoms with van der Waals surface area (Å²) in [6.07, 6.45) is 9.25. The maximum atomic E-state index is 12.3. The Morgan fingerprint density at radius 2 is 2.05 bits per heavy atom. The van der Waals surface area contributed by atoms with Crippen molar-refractivity contribution in [3.8, 4) is 0 Å². The number of amides is 1. The van der Waals surface area contributed by atoms with Crippen molar-refractivity contribution in [2.24, 2.45) is 5.92 Å². The number of carbonyl (C=O) groups is 1. The molecule has 0 bridgehead atoms. The Balaban J connectivity index is 1.56. The highest BCUT2D eigenvalue weighted by Gasteiger charge is 2.32. The molecule has 0 aromatic carbocycles. The zero-order valence-electron chi connectivity index (χ0n) is 13.4. The van der Waals surface area contributed by atoms with Crippen LogP contribution in [0.5, 0.6) is 0 Å². The Morgan fingerprint density at radius 1 is 1.32 bits per heavy atom. The van der Waals surface area contributed by atoms with E-state index in [1.165, 1.54) is 6.42 Å². The van der Waals surface area contributed by atoms with Gasteiger partial charge in [-0.2, -0.15) is 0 Å². The van der Waals surface area contributed by atoms with Crippen LogP contribution in [0.1, 0.15) is 32.1 Å². The van der Waals surface area contributed by atoms with E-state index < -0.39 is 0 Å². The summed E-state index contributed by atoms with van der Waals surface area (Å²) in [6, 6.07) is 2.36. The molecule has 2 aliphatic rings. The molecule has 0 atom stereocenters. The Morgan fingerprint density at radius 3 is 2.64 bits per heavy atom. The van der Waals surface area contributed by atoms with E-state index in [1.54, 1.807) is 11.8 Å². The van der Waals surface area contributed by atoms with Gasteiger partial charge < -0.3 is 9.80 Å². The molecule has 3 rings (SSSR count). The minimum atomic E-state index is 0.300. The summed E-state index contributed by atoms with van der Waals surface area (Å²) in [4.78, 5) is 25.5. The molecular weight excluding hydrogens is 296 g/mol. The number of rotatable bonds is 4. The Labute approximate surface area is 136 Å². The fourth-order valence-corrected chi connectivity index (χ4v) is 3.56. The van der Waals surface area contributed by atoms with Crippen LogP contribution < -0.4 is 4.90 Å². The van der Waals surface area contributed by atoms with Gasteiger partial charge >= 0.3 is 0 Å². The zero-order chi connectivity index (χ0) is 15.5. The van der Waals surface area contributed by atoms with Gasteiger partial charge in [0, 0.05) is 38.3 Å². The van der Waals surface area contributed by atoms with Crippen molar-refractivity contribution in [3.63, 3.8) is 0 Å². The third-order valence-corrected chi connectivity index (χ3v) is 5.50. The van der Waals surface area contributed by atoms with E-state index in [0.29, 0.717) is 17.9 Å². The van der Waals surface area contributed by atoms with Crippen LogP contribution in [0.4, 0.5) is 5.82 Å². The van der Waals surface area contributed by atoms with Crippen molar-refractivity contribution >= 4 is 23.5 Å². The number of nitrogens with zero attached hydrogens (tertiary/aromatic N) is 4. The minimum Gasteiger partial charge on any atom is -0.356 e. The highest BCUT2D eigenvalue weighted by atomic mass is 32.2. The van der Waals surface area contributed by atoms with E-state index in [-0.39, 0.29) is 0 Å². The van der Waals surface area contributed by atoms with Crippen molar-refractivity contribution < 1.29 is 4.79 Å². The molecular formula is C16H24N4OS. The molecule has 120 valence electrons. The summed E-state index contributed by atoms with van der Waals surface area (Å²) in [5, 5.41) is 0.817. The number of hydrogen-bond donors (Lipinski definition) is 0. The second-order valence-electron chi connectivity index (χ2n) is 6.20. The number of aromatic nitrogens is 2. The van der Waals surface area contributed by atoms with Crippen molar-refractivity contribution in [1.29, 1.82) is 0 Å². The molecule has 0 spiro atoms. The lowest BCUT2D eigenvalue weighted by Crippen LogP contribution is -2.48. The van der Waals surface area contributed by atoms with E-state index in [9.17, 15) is 4.79 Å². The Hall–Kier alpha value is -1.30. The van der Waals surface area contributed by atoms with E-state index in [2.05, 4.69) is 14.9 Å². The van der Waals surface area contributed by atoms with Gasteiger partial charge in [-0.05, 0) is 38.0 Å². The van der Waals surface area contributed by atoms with Crippen LogP contribution in [0, 0.1) is 5.92 Å². The number of hydrogen-bond acceptors (Lipinski definition) is 5. The summed E-state index contributed by atoms with van der Waals surface area (Å²) in [5.74, 6) is 1.66. The van der Waals surface area contributed by atoms with Crippen molar-refractivity contribution in [2.45, 2.75) is 43.3 Å². The third-order valence-electron chi connectivity index (χ3n) is 4.94. The molecule has 1 aromatic heterocycles. The highest BCUT2D eigenvalue weighted by Crippen LogP contribution is 2.30. The van der Waals surface area contributed by atoms with Gasteiger partial charge in [-0.3, -0.25) is 4.79 Å². The lowest BCUT2D eigenvalue weighted by Gasteiger charge is -2.39. The monoisotopic (exact) mass is 320 g/mol. The second-order valence-corrected chi connectivity index (χ2v) is 6.97. The van der Waals surface area contributed by atoms with Crippen LogP contribution >= 0.6 is 11.8 Å². The molecule has 0 unspecified atom stereocenters. The standard InChI is InChI=1S/C16H24N4OS/c1-19(15(21)12-4-3-5-12)13-7-10-20(11-8-13)14-6-9-17-16(18-14)22-2/h6,9,12-13H,3-5,7-8,10-11H2,1-2H3. The van der Waals surface area contributed by atoms with Crippen LogP contribution in [-0.4, -0.2) is 53.2 Å². The van der Waals surface area contributed by atoms with Crippen molar-refractivity contribution in [1.82, 2.24) is 14.9 Å². The first-order chi connectivity index (χ1) is 10.7. The van der Waals surface area contributed by atoms with Crippen LogP contribution in [0.15, 0.2) is 17.4 Å². The number of thioether (sulfide) groups is 1. The molecule has 22 heavy (non-hydrogen) atoms. The molecule has 6 heteroatoms. The summed E-state index contributed by atoms with van der Waals surface area (Å²) >= 11 is 1.57. The van der Waals surface area contributed by atoms with Gasteiger partial charge in [0.05, 0.1) is 0 Å². The van der Waals surface area contributed by atoms with E-state index in [0.717, 1.165) is 49.7 Å². The molecule has 2 heterocycles. The maximum Gasteiger partial charge on any atom is 0.225 e. The van der Waals surface area contributed by atoms with E-state index in [1.807, 2.05) is 30.5 Å². The highest BCUT2D eigenvalue weighted by molar-refractivity contribution is 7.98. The Bertz CT molecular complexity index is 527. The third kappa shape index (κ3) is 3.21. The van der Waals surface area contributed by atoms with Crippen LogP contribution in [0.2, 0.25) is 0 Å².